The van der Waals surface area contributed by atoms with Gasteiger partial charge in [0.2, 0.25) is 11.8 Å². The van der Waals surface area contributed by atoms with Crippen LogP contribution < -0.4 is 10.1 Å². The van der Waals surface area contributed by atoms with Crippen LogP contribution >= 0.6 is 11.6 Å². The Balaban J connectivity index is 2.26. The number of rotatable bonds is 7. The quantitative estimate of drug-likeness (QED) is 0.790. The molecule has 6 nitrogen and oxygen atoms in total. The van der Waals surface area contributed by atoms with Gasteiger partial charge in [-0.15, -0.1) is 0 Å². The van der Waals surface area contributed by atoms with E-state index in [1.165, 1.54) is 12.0 Å². The number of nitrogens with zero attached hydrogens (tertiary/aromatic N) is 2. The van der Waals surface area contributed by atoms with Gasteiger partial charge >= 0.3 is 0 Å². The van der Waals surface area contributed by atoms with Gasteiger partial charge in [-0.05, 0) is 30.8 Å². The zero-order valence-corrected chi connectivity index (χ0v) is 16.7. The van der Waals surface area contributed by atoms with Crippen LogP contribution in [0.5, 0.6) is 5.75 Å². The summed E-state index contributed by atoms with van der Waals surface area (Å²) >= 11 is 6.14. The molecule has 2 aromatic carbocycles. The van der Waals surface area contributed by atoms with Crippen LogP contribution in [0.3, 0.4) is 0 Å². The van der Waals surface area contributed by atoms with Crippen molar-refractivity contribution in [2.24, 2.45) is 0 Å². The number of hydrogen-bond acceptors (Lipinski definition) is 4. The summed E-state index contributed by atoms with van der Waals surface area (Å²) in [6.07, 6.45) is 0. The molecule has 0 saturated carbocycles. The Kier molecular flexibility index (Phi) is 7.21. The van der Waals surface area contributed by atoms with Gasteiger partial charge in [-0.2, -0.15) is 0 Å². The Morgan fingerprint density at radius 1 is 1.11 bits per heavy atom. The number of likely N-dealkylation sites (N-methyl/N-ethyl adjacent to an activating group) is 2. The van der Waals surface area contributed by atoms with Gasteiger partial charge in [-0.25, -0.2) is 0 Å². The number of nitrogens with one attached hydrogen (secondary N) is 1. The molecule has 2 amide bonds. The van der Waals surface area contributed by atoms with Crippen LogP contribution in [0, 0.1) is 0 Å². The van der Waals surface area contributed by atoms with Gasteiger partial charge in [0.25, 0.3) is 0 Å². The minimum atomic E-state index is -0.629. The van der Waals surface area contributed by atoms with Crippen molar-refractivity contribution in [2.45, 2.75) is 6.04 Å². The number of carbonyl (C=O) groups excluding carboxylic acids is 2. The Labute approximate surface area is 164 Å². The summed E-state index contributed by atoms with van der Waals surface area (Å²) in [6, 6.07) is 13.7. The number of hydrogen-bond donors (Lipinski definition) is 1. The SMILES string of the molecule is COc1ccc(NC(=O)[C@@H](c2ccccc2)N(C)CC(=O)N(C)C)cc1Cl. The molecule has 0 spiro atoms. The minimum Gasteiger partial charge on any atom is -0.495 e. The largest absolute Gasteiger partial charge is 0.495 e. The van der Waals surface area contributed by atoms with E-state index < -0.39 is 6.04 Å². The second-order valence-corrected chi connectivity index (χ2v) is 6.76. The van der Waals surface area contributed by atoms with Crippen LogP contribution in [0.25, 0.3) is 0 Å². The fourth-order valence-corrected chi connectivity index (χ4v) is 2.90. The average molecular weight is 390 g/mol. The predicted octanol–water partition coefficient (Wildman–Crippen LogP) is 3.05. The molecule has 0 aliphatic heterocycles. The van der Waals surface area contributed by atoms with Crippen LogP contribution in [0.1, 0.15) is 11.6 Å². The summed E-state index contributed by atoms with van der Waals surface area (Å²) in [5.41, 5.74) is 1.35. The Bertz CT molecular complexity index is 796. The zero-order chi connectivity index (χ0) is 20.0. The van der Waals surface area contributed by atoms with E-state index in [4.69, 9.17) is 16.3 Å². The topological polar surface area (TPSA) is 61.9 Å². The lowest BCUT2D eigenvalue weighted by Gasteiger charge is -2.28. The molecule has 7 heteroatoms. The molecular formula is C20H24ClN3O3. The molecule has 2 aromatic rings. The number of benzene rings is 2. The molecule has 0 aromatic heterocycles. The monoisotopic (exact) mass is 389 g/mol. The van der Waals surface area contributed by atoms with E-state index in [0.29, 0.717) is 16.5 Å². The minimum absolute atomic E-state index is 0.0845. The highest BCUT2D eigenvalue weighted by Crippen LogP contribution is 2.28. The van der Waals surface area contributed by atoms with Gasteiger partial charge in [0.05, 0.1) is 18.7 Å². The molecule has 0 aliphatic carbocycles. The van der Waals surface area contributed by atoms with Crippen molar-refractivity contribution >= 4 is 29.1 Å². The maximum absolute atomic E-state index is 13.0. The first-order valence-corrected chi connectivity index (χ1v) is 8.81. The molecule has 2 rings (SSSR count). The molecule has 0 aliphatic rings. The number of anilines is 1. The van der Waals surface area contributed by atoms with E-state index in [0.717, 1.165) is 5.56 Å². The summed E-state index contributed by atoms with van der Waals surface area (Å²) < 4.78 is 5.13. The van der Waals surface area contributed by atoms with E-state index in [-0.39, 0.29) is 18.4 Å². The molecule has 1 atom stereocenters. The number of carbonyl (C=O) groups is 2. The van der Waals surface area contributed by atoms with E-state index in [9.17, 15) is 9.59 Å². The fourth-order valence-electron chi connectivity index (χ4n) is 2.64. The average Bonchev–Trinajstić information content (AvgIpc) is 2.62. The standard InChI is InChI=1S/C20H24ClN3O3/c1-23(2)18(25)13-24(3)19(14-8-6-5-7-9-14)20(26)22-15-10-11-17(27-4)16(21)12-15/h5-12,19H,13H2,1-4H3,(H,22,26)/t19-/m1/s1. The molecule has 0 heterocycles. The fraction of sp³-hybridized carbons (Fsp3) is 0.300. The van der Waals surface area contributed by atoms with Gasteiger partial charge in [-0.1, -0.05) is 41.9 Å². The highest BCUT2D eigenvalue weighted by molar-refractivity contribution is 6.32. The third kappa shape index (κ3) is 5.45. The first-order chi connectivity index (χ1) is 12.8. The van der Waals surface area contributed by atoms with Crippen LogP contribution in [0.2, 0.25) is 5.02 Å². The smallest absolute Gasteiger partial charge is 0.246 e. The summed E-state index contributed by atoms with van der Waals surface area (Å²) in [5, 5.41) is 3.28. The number of ether oxygens (including phenoxy) is 1. The van der Waals surface area contributed by atoms with Gasteiger partial charge in [0.15, 0.2) is 0 Å². The summed E-state index contributed by atoms with van der Waals surface area (Å²) in [4.78, 5) is 28.3. The highest BCUT2D eigenvalue weighted by atomic mass is 35.5. The van der Waals surface area contributed by atoms with E-state index in [2.05, 4.69) is 5.32 Å². The zero-order valence-electron chi connectivity index (χ0n) is 15.9. The van der Waals surface area contributed by atoms with E-state index >= 15 is 0 Å². The van der Waals surface area contributed by atoms with Crippen molar-refractivity contribution in [1.29, 1.82) is 0 Å². The Hall–Kier alpha value is -2.57. The van der Waals surface area contributed by atoms with E-state index in [1.54, 1.807) is 44.2 Å². The van der Waals surface area contributed by atoms with Crippen molar-refractivity contribution in [1.82, 2.24) is 9.80 Å². The lowest BCUT2D eigenvalue weighted by atomic mass is 10.0. The van der Waals surface area contributed by atoms with Crippen molar-refractivity contribution in [3.05, 3.63) is 59.1 Å². The third-order valence-corrected chi connectivity index (χ3v) is 4.40. The number of methoxy groups -OCH3 is 1. The molecular weight excluding hydrogens is 366 g/mol. The maximum Gasteiger partial charge on any atom is 0.246 e. The molecule has 0 bridgehead atoms. The van der Waals surface area contributed by atoms with E-state index in [1.807, 2.05) is 30.3 Å². The van der Waals surface area contributed by atoms with Crippen LogP contribution in [-0.2, 0) is 9.59 Å². The van der Waals surface area contributed by atoms with Crippen molar-refractivity contribution in [3.8, 4) is 5.75 Å². The van der Waals surface area contributed by atoms with Crippen LogP contribution in [0.4, 0.5) is 5.69 Å². The molecule has 0 saturated heterocycles. The van der Waals surface area contributed by atoms with Crippen LogP contribution in [0.15, 0.2) is 48.5 Å². The van der Waals surface area contributed by atoms with Gasteiger partial charge in [0, 0.05) is 19.8 Å². The summed E-state index contributed by atoms with van der Waals surface area (Å²) in [5.74, 6) is 0.193. The number of halogens is 1. The summed E-state index contributed by atoms with van der Waals surface area (Å²) in [6.45, 7) is 0.114. The van der Waals surface area contributed by atoms with Crippen molar-refractivity contribution in [3.63, 3.8) is 0 Å². The highest BCUT2D eigenvalue weighted by Gasteiger charge is 2.27. The first-order valence-electron chi connectivity index (χ1n) is 8.43. The van der Waals surface area contributed by atoms with Crippen molar-refractivity contribution < 1.29 is 14.3 Å². The molecule has 1 N–H and O–H groups in total. The molecule has 0 unspecified atom stereocenters. The Morgan fingerprint density at radius 3 is 2.33 bits per heavy atom. The lowest BCUT2D eigenvalue weighted by Crippen LogP contribution is -2.41. The third-order valence-electron chi connectivity index (χ3n) is 4.11. The molecule has 144 valence electrons. The normalized spacial score (nSPS) is 11.8. The predicted molar refractivity (Wildman–Crippen MR) is 107 cm³/mol. The van der Waals surface area contributed by atoms with Crippen molar-refractivity contribution in [2.75, 3.05) is 40.1 Å². The second kappa shape index (κ2) is 9.39. The van der Waals surface area contributed by atoms with Gasteiger partial charge in [0.1, 0.15) is 11.8 Å². The number of amides is 2. The lowest BCUT2D eigenvalue weighted by molar-refractivity contribution is -0.131. The van der Waals surface area contributed by atoms with Gasteiger partial charge < -0.3 is 15.0 Å². The summed E-state index contributed by atoms with van der Waals surface area (Å²) in [7, 11) is 6.65. The first kappa shape index (κ1) is 20.7. The second-order valence-electron chi connectivity index (χ2n) is 6.36. The molecule has 0 radical (unpaired) electrons. The molecule has 0 fully saturated rings. The molecule has 27 heavy (non-hydrogen) atoms. The maximum atomic E-state index is 13.0. The Morgan fingerprint density at radius 2 is 1.78 bits per heavy atom. The van der Waals surface area contributed by atoms with Crippen LogP contribution in [-0.4, -0.2) is 56.4 Å². The van der Waals surface area contributed by atoms with Gasteiger partial charge in [-0.3, -0.25) is 14.5 Å².